The smallest absolute Gasteiger partial charge is 0.255 e. The molecule has 0 radical (unpaired) electrons. The first-order valence-electron chi connectivity index (χ1n) is 9.59. The second-order valence-electron chi connectivity index (χ2n) is 7.02. The van der Waals surface area contributed by atoms with Crippen LogP contribution in [0.25, 0.3) is 0 Å². The number of amides is 1. The second-order valence-corrected chi connectivity index (χ2v) is 8.96. The molecule has 1 saturated heterocycles. The van der Waals surface area contributed by atoms with Crippen molar-refractivity contribution in [3.05, 3.63) is 54.1 Å². The molecule has 1 amide bonds. The number of hydrogen-bond acceptors (Lipinski definition) is 5. The van der Waals surface area contributed by atoms with E-state index in [-0.39, 0.29) is 41.7 Å². The van der Waals surface area contributed by atoms with Crippen LogP contribution in [-0.2, 0) is 14.8 Å². The van der Waals surface area contributed by atoms with E-state index < -0.39 is 10.0 Å². The highest BCUT2D eigenvalue weighted by atomic mass is 32.2. The van der Waals surface area contributed by atoms with E-state index in [4.69, 9.17) is 9.47 Å². The molecule has 0 bridgehead atoms. The minimum atomic E-state index is -3.71. The summed E-state index contributed by atoms with van der Waals surface area (Å²) in [5.74, 6) is 0.336. The average Bonchev–Trinajstić information content (AvgIpc) is 2.69. The maximum absolute atomic E-state index is 13.0. The predicted octanol–water partition coefficient (Wildman–Crippen LogP) is 3.14. The fraction of sp³-hybridized carbons (Fsp3) is 0.381. The third-order valence-electron chi connectivity index (χ3n) is 4.54. The van der Waals surface area contributed by atoms with Crippen molar-refractivity contribution < 1.29 is 22.7 Å². The van der Waals surface area contributed by atoms with E-state index in [0.29, 0.717) is 18.0 Å². The first-order chi connectivity index (χ1) is 13.8. The molecule has 1 heterocycles. The van der Waals surface area contributed by atoms with E-state index >= 15 is 0 Å². The Morgan fingerprint density at radius 3 is 2.41 bits per heavy atom. The van der Waals surface area contributed by atoms with Gasteiger partial charge in [-0.2, -0.15) is 4.31 Å². The number of morpholine rings is 1. The maximum atomic E-state index is 13.0. The molecule has 0 aliphatic carbocycles. The Hall–Kier alpha value is -2.42. The molecule has 8 heteroatoms. The molecular weight excluding hydrogens is 392 g/mol. The van der Waals surface area contributed by atoms with E-state index in [9.17, 15) is 13.2 Å². The normalized spacial score (nSPS) is 20.2. The fourth-order valence-corrected chi connectivity index (χ4v) is 4.92. The quantitative estimate of drug-likeness (QED) is 0.779. The van der Waals surface area contributed by atoms with Crippen LogP contribution in [0.2, 0.25) is 0 Å². The molecule has 1 N–H and O–H groups in total. The van der Waals surface area contributed by atoms with Crippen LogP contribution in [0.5, 0.6) is 5.75 Å². The number of carbonyl (C=O) groups is 1. The number of rotatable bonds is 6. The van der Waals surface area contributed by atoms with Crippen molar-refractivity contribution in [2.45, 2.75) is 37.9 Å². The van der Waals surface area contributed by atoms with Crippen LogP contribution >= 0.6 is 0 Å². The molecule has 0 spiro atoms. The van der Waals surface area contributed by atoms with Crippen molar-refractivity contribution in [1.82, 2.24) is 4.31 Å². The zero-order chi connectivity index (χ0) is 21.0. The van der Waals surface area contributed by atoms with Gasteiger partial charge in [0.15, 0.2) is 0 Å². The number of carbonyl (C=O) groups excluding carboxylic acids is 1. The van der Waals surface area contributed by atoms with Crippen molar-refractivity contribution in [3.63, 3.8) is 0 Å². The van der Waals surface area contributed by atoms with Gasteiger partial charge in [-0.05, 0) is 63.2 Å². The van der Waals surface area contributed by atoms with Gasteiger partial charge in [0.1, 0.15) is 5.75 Å². The Bertz CT molecular complexity index is 949. The van der Waals surface area contributed by atoms with Crippen LogP contribution in [0.4, 0.5) is 5.69 Å². The van der Waals surface area contributed by atoms with Gasteiger partial charge in [0.25, 0.3) is 5.91 Å². The zero-order valence-corrected chi connectivity index (χ0v) is 17.6. The molecule has 0 saturated carbocycles. The zero-order valence-electron chi connectivity index (χ0n) is 16.8. The van der Waals surface area contributed by atoms with Gasteiger partial charge in [-0.1, -0.05) is 6.07 Å². The number of nitrogens with zero attached hydrogens (tertiary/aromatic N) is 1. The standard InChI is InChI=1S/C21H26N2O5S/c1-4-27-19-10-8-18(9-11-19)22-21(24)17-6-5-7-20(12-17)29(25,26)23-13-15(2)28-16(3)14-23/h5-12,15-16H,4,13-14H2,1-3H3,(H,22,24)/t15-,16-/m1/s1. The highest BCUT2D eigenvalue weighted by molar-refractivity contribution is 7.89. The highest BCUT2D eigenvalue weighted by Crippen LogP contribution is 2.23. The van der Waals surface area contributed by atoms with Gasteiger partial charge in [0.2, 0.25) is 10.0 Å². The number of hydrogen-bond donors (Lipinski definition) is 1. The highest BCUT2D eigenvalue weighted by Gasteiger charge is 2.32. The first kappa shape index (κ1) is 21.3. The van der Waals surface area contributed by atoms with Gasteiger partial charge in [0, 0.05) is 24.3 Å². The van der Waals surface area contributed by atoms with Crippen molar-refractivity contribution in [3.8, 4) is 5.75 Å². The van der Waals surface area contributed by atoms with Crippen molar-refractivity contribution in [2.24, 2.45) is 0 Å². The molecule has 3 rings (SSSR count). The van der Waals surface area contributed by atoms with E-state index in [1.54, 1.807) is 36.4 Å². The summed E-state index contributed by atoms with van der Waals surface area (Å²) in [6.45, 7) is 6.73. The Morgan fingerprint density at radius 1 is 1.14 bits per heavy atom. The molecule has 2 aromatic carbocycles. The van der Waals surface area contributed by atoms with Crippen molar-refractivity contribution in [1.29, 1.82) is 0 Å². The van der Waals surface area contributed by atoms with Crippen LogP contribution in [-0.4, -0.2) is 50.5 Å². The summed E-state index contributed by atoms with van der Waals surface area (Å²) in [7, 11) is -3.71. The van der Waals surface area contributed by atoms with Gasteiger partial charge >= 0.3 is 0 Å². The lowest BCUT2D eigenvalue weighted by Crippen LogP contribution is -2.48. The second kappa shape index (κ2) is 8.94. The van der Waals surface area contributed by atoms with E-state index in [2.05, 4.69) is 5.32 Å². The Labute approximate surface area is 171 Å². The molecule has 1 fully saturated rings. The number of nitrogens with one attached hydrogen (secondary N) is 1. The summed E-state index contributed by atoms with van der Waals surface area (Å²) in [6.07, 6.45) is -0.362. The van der Waals surface area contributed by atoms with Crippen LogP contribution < -0.4 is 10.1 Å². The SMILES string of the molecule is CCOc1ccc(NC(=O)c2cccc(S(=O)(=O)N3C[C@@H](C)O[C@H](C)C3)c2)cc1. The summed E-state index contributed by atoms with van der Waals surface area (Å²) in [5.41, 5.74) is 0.872. The summed E-state index contributed by atoms with van der Waals surface area (Å²) in [6, 6.07) is 13.1. The summed E-state index contributed by atoms with van der Waals surface area (Å²) >= 11 is 0. The molecular formula is C21H26N2O5S. The Morgan fingerprint density at radius 2 is 1.79 bits per heavy atom. The largest absolute Gasteiger partial charge is 0.494 e. The molecule has 1 aliphatic rings. The predicted molar refractivity (Wildman–Crippen MR) is 111 cm³/mol. The van der Waals surface area contributed by atoms with Gasteiger partial charge in [-0.25, -0.2) is 8.42 Å². The maximum Gasteiger partial charge on any atom is 0.255 e. The number of anilines is 1. The summed E-state index contributed by atoms with van der Waals surface area (Å²) in [4.78, 5) is 12.7. The lowest BCUT2D eigenvalue weighted by Gasteiger charge is -2.34. The van der Waals surface area contributed by atoms with E-state index in [0.717, 1.165) is 0 Å². The Balaban J connectivity index is 1.77. The molecule has 2 atom stereocenters. The lowest BCUT2D eigenvalue weighted by molar-refractivity contribution is -0.0440. The Kier molecular flexibility index (Phi) is 6.56. The molecule has 29 heavy (non-hydrogen) atoms. The average molecular weight is 419 g/mol. The monoisotopic (exact) mass is 418 g/mol. The van der Waals surface area contributed by atoms with Gasteiger partial charge in [-0.3, -0.25) is 4.79 Å². The first-order valence-corrected chi connectivity index (χ1v) is 11.0. The third-order valence-corrected chi connectivity index (χ3v) is 6.37. The minimum absolute atomic E-state index is 0.0955. The van der Waals surface area contributed by atoms with Crippen LogP contribution in [0.3, 0.4) is 0 Å². The number of benzene rings is 2. The van der Waals surface area contributed by atoms with Crippen molar-refractivity contribution >= 4 is 21.6 Å². The minimum Gasteiger partial charge on any atom is -0.494 e. The van der Waals surface area contributed by atoms with Gasteiger partial charge in [-0.15, -0.1) is 0 Å². The van der Waals surface area contributed by atoms with Crippen molar-refractivity contribution in [2.75, 3.05) is 25.0 Å². The van der Waals surface area contributed by atoms with E-state index in [1.165, 1.54) is 16.4 Å². The third kappa shape index (κ3) is 5.14. The number of sulfonamides is 1. The van der Waals surface area contributed by atoms with E-state index in [1.807, 2.05) is 20.8 Å². The molecule has 0 aromatic heterocycles. The summed E-state index contributed by atoms with van der Waals surface area (Å²) < 4.78 is 38.5. The van der Waals surface area contributed by atoms with Gasteiger partial charge < -0.3 is 14.8 Å². The topological polar surface area (TPSA) is 84.9 Å². The molecule has 1 aliphatic heterocycles. The lowest BCUT2D eigenvalue weighted by atomic mass is 10.2. The van der Waals surface area contributed by atoms with Crippen LogP contribution in [0, 0.1) is 0 Å². The molecule has 156 valence electrons. The molecule has 0 unspecified atom stereocenters. The fourth-order valence-electron chi connectivity index (χ4n) is 3.28. The number of ether oxygens (including phenoxy) is 2. The van der Waals surface area contributed by atoms with Gasteiger partial charge in [0.05, 0.1) is 23.7 Å². The van der Waals surface area contributed by atoms with Crippen LogP contribution in [0.1, 0.15) is 31.1 Å². The molecule has 7 nitrogen and oxygen atoms in total. The molecule has 2 aromatic rings. The van der Waals surface area contributed by atoms with Crippen LogP contribution in [0.15, 0.2) is 53.4 Å². The summed E-state index contributed by atoms with van der Waals surface area (Å²) in [5, 5.41) is 2.78.